The van der Waals surface area contributed by atoms with E-state index in [2.05, 4.69) is 89.6 Å². The number of aliphatic imine (C=N–C) groups is 1. The summed E-state index contributed by atoms with van der Waals surface area (Å²) in [5.41, 5.74) is 8.19. The van der Waals surface area contributed by atoms with E-state index in [0.29, 0.717) is 0 Å². The van der Waals surface area contributed by atoms with Gasteiger partial charge in [-0.05, 0) is 75.2 Å². The number of benzene rings is 2. The normalized spacial score (nSPS) is 11.4. The predicted molar refractivity (Wildman–Crippen MR) is 106 cm³/mol. The van der Waals surface area contributed by atoms with Crippen LogP contribution >= 0.6 is 15.9 Å². The molecule has 3 rings (SSSR count). The summed E-state index contributed by atoms with van der Waals surface area (Å²) in [6.45, 7) is 8.48. The standard InChI is InChI=1S/C21H21BrN2/c1-14-6-5-7-20(10-14)24-16(3)12-18(17(24)4)13-23-21-9-8-19(22)11-15(21)2/h5-13H,1-4H3. The Hall–Kier alpha value is -2.13. The maximum atomic E-state index is 4.68. The summed E-state index contributed by atoms with van der Waals surface area (Å²) in [6, 6.07) is 16.9. The van der Waals surface area contributed by atoms with Crippen molar-refractivity contribution in [2.24, 2.45) is 4.99 Å². The highest BCUT2D eigenvalue weighted by Gasteiger charge is 2.09. The molecule has 0 amide bonds. The molecule has 3 heteroatoms. The highest BCUT2D eigenvalue weighted by molar-refractivity contribution is 9.10. The van der Waals surface area contributed by atoms with Gasteiger partial charge in [0.1, 0.15) is 0 Å². The van der Waals surface area contributed by atoms with Gasteiger partial charge in [0, 0.05) is 33.3 Å². The maximum Gasteiger partial charge on any atom is 0.0659 e. The molecule has 0 atom stereocenters. The highest BCUT2D eigenvalue weighted by atomic mass is 79.9. The molecule has 0 spiro atoms. The Morgan fingerprint density at radius 1 is 0.958 bits per heavy atom. The smallest absolute Gasteiger partial charge is 0.0659 e. The van der Waals surface area contributed by atoms with Crippen LogP contribution in [0.1, 0.15) is 28.1 Å². The van der Waals surface area contributed by atoms with Crippen LogP contribution in [0.3, 0.4) is 0 Å². The van der Waals surface area contributed by atoms with Crippen LogP contribution in [-0.4, -0.2) is 10.8 Å². The van der Waals surface area contributed by atoms with Crippen molar-refractivity contribution in [2.45, 2.75) is 27.7 Å². The van der Waals surface area contributed by atoms with Crippen LogP contribution in [0.4, 0.5) is 5.69 Å². The first-order valence-electron chi connectivity index (χ1n) is 8.02. The Labute approximate surface area is 152 Å². The topological polar surface area (TPSA) is 17.3 Å². The molecule has 122 valence electrons. The van der Waals surface area contributed by atoms with E-state index in [1.165, 1.54) is 22.6 Å². The van der Waals surface area contributed by atoms with Crippen molar-refractivity contribution in [1.82, 2.24) is 4.57 Å². The van der Waals surface area contributed by atoms with Gasteiger partial charge in [-0.25, -0.2) is 0 Å². The lowest BCUT2D eigenvalue weighted by Crippen LogP contribution is -1.99. The molecule has 0 aliphatic rings. The SMILES string of the molecule is Cc1cccc(-n2c(C)cc(C=Nc3ccc(Br)cc3C)c2C)c1. The molecule has 0 saturated carbocycles. The molecule has 3 aromatic rings. The van der Waals surface area contributed by atoms with E-state index in [4.69, 9.17) is 0 Å². The summed E-state index contributed by atoms with van der Waals surface area (Å²) in [5.74, 6) is 0. The van der Waals surface area contributed by atoms with E-state index in [0.717, 1.165) is 21.3 Å². The molecule has 2 aromatic carbocycles. The molecule has 2 nitrogen and oxygen atoms in total. The Balaban J connectivity index is 1.98. The molecule has 0 saturated heterocycles. The fourth-order valence-electron chi connectivity index (χ4n) is 2.99. The second-order valence-electron chi connectivity index (χ2n) is 6.19. The fraction of sp³-hybridized carbons (Fsp3) is 0.190. The quantitative estimate of drug-likeness (QED) is 0.479. The second-order valence-corrected chi connectivity index (χ2v) is 7.11. The lowest BCUT2D eigenvalue weighted by Gasteiger charge is -2.10. The first-order valence-corrected chi connectivity index (χ1v) is 8.81. The van der Waals surface area contributed by atoms with Gasteiger partial charge in [-0.1, -0.05) is 28.1 Å². The number of halogens is 1. The number of aryl methyl sites for hydroxylation is 3. The number of aromatic nitrogens is 1. The zero-order valence-electron chi connectivity index (χ0n) is 14.5. The van der Waals surface area contributed by atoms with E-state index < -0.39 is 0 Å². The van der Waals surface area contributed by atoms with Crippen LogP contribution in [0, 0.1) is 27.7 Å². The van der Waals surface area contributed by atoms with Gasteiger partial charge in [-0.15, -0.1) is 0 Å². The number of nitrogens with zero attached hydrogens (tertiary/aromatic N) is 2. The highest BCUT2D eigenvalue weighted by Crippen LogP contribution is 2.24. The predicted octanol–water partition coefficient (Wildman–Crippen LogP) is 6.22. The van der Waals surface area contributed by atoms with Gasteiger partial charge in [-0.3, -0.25) is 4.99 Å². The molecule has 1 aromatic heterocycles. The monoisotopic (exact) mass is 380 g/mol. The summed E-state index contributed by atoms with van der Waals surface area (Å²) < 4.78 is 3.36. The lowest BCUT2D eigenvalue weighted by molar-refractivity contribution is 0.963. The molecule has 0 fully saturated rings. The summed E-state index contributed by atoms with van der Waals surface area (Å²) >= 11 is 3.49. The summed E-state index contributed by atoms with van der Waals surface area (Å²) in [5, 5.41) is 0. The van der Waals surface area contributed by atoms with Crippen molar-refractivity contribution >= 4 is 27.8 Å². The Morgan fingerprint density at radius 2 is 1.75 bits per heavy atom. The largest absolute Gasteiger partial charge is 0.318 e. The molecular weight excluding hydrogens is 360 g/mol. The molecule has 24 heavy (non-hydrogen) atoms. The molecule has 1 heterocycles. The molecule has 0 bridgehead atoms. The molecule has 0 aliphatic carbocycles. The third kappa shape index (κ3) is 3.36. The molecule has 0 N–H and O–H groups in total. The summed E-state index contributed by atoms with van der Waals surface area (Å²) in [6.07, 6.45) is 1.96. The van der Waals surface area contributed by atoms with Crippen molar-refractivity contribution in [2.75, 3.05) is 0 Å². The van der Waals surface area contributed by atoms with Gasteiger partial charge in [0.2, 0.25) is 0 Å². The lowest BCUT2D eigenvalue weighted by atomic mass is 10.2. The minimum Gasteiger partial charge on any atom is -0.318 e. The van der Waals surface area contributed by atoms with Gasteiger partial charge in [0.15, 0.2) is 0 Å². The van der Waals surface area contributed by atoms with Crippen LogP contribution in [0.2, 0.25) is 0 Å². The zero-order valence-corrected chi connectivity index (χ0v) is 16.1. The number of rotatable bonds is 3. The van der Waals surface area contributed by atoms with Crippen molar-refractivity contribution in [3.63, 3.8) is 0 Å². The first-order chi connectivity index (χ1) is 11.5. The van der Waals surface area contributed by atoms with Gasteiger partial charge < -0.3 is 4.57 Å². The average Bonchev–Trinajstić information content (AvgIpc) is 2.80. The zero-order chi connectivity index (χ0) is 17.3. The van der Waals surface area contributed by atoms with E-state index >= 15 is 0 Å². The van der Waals surface area contributed by atoms with Gasteiger partial charge >= 0.3 is 0 Å². The van der Waals surface area contributed by atoms with Crippen molar-refractivity contribution < 1.29 is 0 Å². The fourth-order valence-corrected chi connectivity index (χ4v) is 3.46. The molecule has 0 aliphatic heterocycles. The molecule has 0 radical (unpaired) electrons. The van der Waals surface area contributed by atoms with E-state index in [-0.39, 0.29) is 0 Å². The number of hydrogen-bond acceptors (Lipinski definition) is 1. The maximum absolute atomic E-state index is 4.68. The third-order valence-electron chi connectivity index (χ3n) is 4.23. The first kappa shape index (κ1) is 16.7. The minimum absolute atomic E-state index is 0.999. The summed E-state index contributed by atoms with van der Waals surface area (Å²) in [7, 11) is 0. The van der Waals surface area contributed by atoms with Crippen LogP contribution in [0.5, 0.6) is 0 Å². The third-order valence-corrected chi connectivity index (χ3v) is 4.72. The Morgan fingerprint density at radius 3 is 2.46 bits per heavy atom. The Bertz CT molecular complexity index is 920. The molecule has 0 unspecified atom stereocenters. The van der Waals surface area contributed by atoms with E-state index in [9.17, 15) is 0 Å². The Kier molecular flexibility index (Phi) is 4.72. The summed E-state index contributed by atoms with van der Waals surface area (Å²) in [4.78, 5) is 4.68. The van der Waals surface area contributed by atoms with Crippen LogP contribution < -0.4 is 0 Å². The van der Waals surface area contributed by atoms with Gasteiger partial charge in [0.25, 0.3) is 0 Å². The number of hydrogen-bond donors (Lipinski definition) is 0. The second kappa shape index (κ2) is 6.78. The molecular formula is C21H21BrN2. The average molecular weight is 381 g/mol. The van der Waals surface area contributed by atoms with Crippen molar-refractivity contribution in [3.8, 4) is 5.69 Å². The van der Waals surface area contributed by atoms with Crippen molar-refractivity contribution in [3.05, 3.63) is 81.1 Å². The van der Waals surface area contributed by atoms with Gasteiger partial charge in [0.05, 0.1) is 5.69 Å². The van der Waals surface area contributed by atoms with E-state index in [1.807, 2.05) is 18.3 Å². The van der Waals surface area contributed by atoms with Gasteiger partial charge in [-0.2, -0.15) is 0 Å². The van der Waals surface area contributed by atoms with Crippen LogP contribution in [-0.2, 0) is 0 Å². The van der Waals surface area contributed by atoms with E-state index in [1.54, 1.807) is 0 Å². The minimum atomic E-state index is 0.999. The van der Waals surface area contributed by atoms with Crippen LogP contribution in [0.25, 0.3) is 5.69 Å². The van der Waals surface area contributed by atoms with Crippen molar-refractivity contribution in [1.29, 1.82) is 0 Å². The van der Waals surface area contributed by atoms with Crippen LogP contribution in [0.15, 0.2) is 58.0 Å².